The number of carbonyl (C=O) groups is 2. The Morgan fingerprint density at radius 3 is 2.32 bits per heavy atom. The maximum absolute atomic E-state index is 11.9. The van der Waals surface area contributed by atoms with Crippen LogP contribution >= 0.6 is 0 Å². The summed E-state index contributed by atoms with van der Waals surface area (Å²) in [6.07, 6.45) is 1.32. The molecule has 3 N–H and O–H groups in total. The van der Waals surface area contributed by atoms with Crippen molar-refractivity contribution in [1.82, 2.24) is 0 Å². The molecule has 0 aliphatic heterocycles. The molecule has 0 bridgehead atoms. The molecule has 3 aromatic rings. The lowest BCUT2D eigenvalue weighted by atomic mass is 9.96. The standard InChI is InChI=1S/C24H20O7/c1-30-20-11-10-16(13-21(20)31-14-15-6-3-2-4-7-15)12-18(23(26)27)17-8-5-9-19(25)22(17)24(28)29/h2-13,25H,14H2,1H3,(H,26,27)(H,28,29). The average Bonchev–Trinajstić information content (AvgIpc) is 2.76. The van der Waals surface area contributed by atoms with E-state index in [1.807, 2.05) is 30.3 Å². The second-order valence-corrected chi connectivity index (χ2v) is 6.55. The van der Waals surface area contributed by atoms with Crippen molar-refractivity contribution in [2.75, 3.05) is 7.11 Å². The third-order valence-corrected chi connectivity index (χ3v) is 4.51. The van der Waals surface area contributed by atoms with E-state index in [0.29, 0.717) is 17.1 Å². The lowest BCUT2D eigenvalue weighted by Crippen LogP contribution is -2.07. The first-order valence-corrected chi connectivity index (χ1v) is 9.26. The van der Waals surface area contributed by atoms with Gasteiger partial charge in [-0.3, -0.25) is 0 Å². The van der Waals surface area contributed by atoms with Gasteiger partial charge in [0, 0.05) is 5.56 Å². The van der Waals surface area contributed by atoms with Crippen LogP contribution in [0.1, 0.15) is 27.0 Å². The van der Waals surface area contributed by atoms with Gasteiger partial charge >= 0.3 is 11.9 Å². The van der Waals surface area contributed by atoms with Crippen molar-refractivity contribution < 1.29 is 34.4 Å². The van der Waals surface area contributed by atoms with Gasteiger partial charge in [0.15, 0.2) is 11.5 Å². The smallest absolute Gasteiger partial charge is 0.340 e. The number of carboxylic acids is 2. The molecule has 0 aliphatic carbocycles. The van der Waals surface area contributed by atoms with Crippen LogP contribution in [-0.2, 0) is 11.4 Å². The number of hydrogen-bond donors (Lipinski definition) is 3. The van der Waals surface area contributed by atoms with Crippen LogP contribution in [0.2, 0.25) is 0 Å². The Balaban J connectivity index is 2.01. The number of benzene rings is 3. The first-order chi connectivity index (χ1) is 14.9. The number of carboxylic acid groups (broad SMARTS) is 2. The highest BCUT2D eigenvalue weighted by Crippen LogP contribution is 2.32. The molecule has 0 amide bonds. The number of ether oxygens (including phenoxy) is 2. The maximum Gasteiger partial charge on any atom is 0.340 e. The first kappa shape index (κ1) is 21.4. The normalized spacial score (nSPS) is 11.1. The minimum absolute atomic E-state index is 0.109. The summed E-state index contributed by atoms with van der Waals surface area (Å²) < 4.78 is 11.2. The number of aromatic hydroxyl groups is 1. The van der Waals surface area contributed by atoms with Crippen LogP contribution < -0.4 is 9.47 Å². The predicted molar refractivity (Wildman–Crippen MR) is 114 cm³/mol. The second-order valence-electron chi connectivity index (χ2n) is 6.55. The summed E-state index contributed by atoms with van der Waals surface area (Å²) in [6, 6.07) is 18.3. The molecule has 0 unspecified atom stereocenters. The summed E-state index contributed by atoms with van der Waals surface area (Å²) in [7, 11) is 1.49. The van der Waals surface area contributed by atoms with Gasteiger partial charge in [0.2, 0.25) is 0 Å². The highest BCUT2D eigenvalue weighted by molar-refractivity contribution is 6.23. The fraction of sp³-hybridized carbons (Fsp3) is 0.0833. The average molecular weight is 420 g/mol. The van der Waals surface area contributed by atoms with Crippen molar-refractivity contribution in [2.45, 2.75) is 6.61 Å². The van der Waals surface area contributed by atoms with E-state index in [4.69, 9.17) is 9.47 Å². The van der Waals surface area contributed by atoms with Crippen LogP contribution in [0.5, 0.6) is 17.2 Å². The van der Waals surface area contributed by atoms with E-state index < -0.39 is 23.3 Å². The number of aromatic carboxylic acids is 1. The number of methoxy groups -OCH3 is 1. The summed E-state index contributed by atoms with van der Waals surface area (Å²) >= 11 is 0. The van der Waals surface area contributed by atoms with Crippen molar-refractivity contribution in [3.05, 3.63) is 89.0 Å². The second kappa shape index (κ2) is 9.49. The molecule has 3 rings (SSSR count). The van der Waals surface area contributed by atoms with Crippen molar-refractivity contribution in [1.29, 1.82) is 0 Å². The minimum atomic E-state index is -1.43. The molecule has 0 radical (unpaired) electrons. The Morgan fingerprint density at radius 1 is 0.935 bits per heavy atom. The Morgan fingerprint density at radius 2 is 1.68 bits per heavy atom. The van der Waals surface area contributed by atoms with E-state index in [0.717, 1.165) is 5.56 Å². The highest BCUT2D eigenvalue weighted by Gasteiger charge is 2.22. The summed E-state index contributed by atoms with van der Waals surface area (Å²) in [4.78, 5) is 23.5. The van der Waals surface area contributed by atoms with Crippen molar-refractivity contribution in [3.63, 3.8) is 0 Å². The van der Waals surface area contributed by atoms with Crippen molar-refractivity contribution in [3.8, 4) is 17.2 Å². The summed E-state index contributed by atoms with van der Waals surface area (Å²) in [6.45, 7) is 0.284. The Labute approximate surface area is 178 Å². The molecule has 0 saturated heterocycles. The van der Waals surface area contributed by atoms with Gasteiger partial charge < -0.3 is 24.8 Å². The van der Waals surface area contributed by atoms with Gasteiger partial charge in [-0.25, -0.2) is 9.59 Å². The fourth-order valence-corrected chi connectivity index (χ4v) is 3.04. The molecule has 3 aromatic carbocycles. The number of phenols is 1. The maximum atomic E-state index is 11.9. The topological polar surface area (TPSA) is 113 Å². The van der Waals surface area contributed by atoms with Crippen LogP contribution in [0.25, 0.3) is 11.6 Å². The largest absolute Gasteiger partial charge is 0.507 e. The van der Waals surface area contributed by atoms with Crippen molar-refractivity contribution >= 4 is 23.6 Å². The van der Waals surface area contributed by atoms with E-state index in [-0.39, 0.29) is 17.7 Å². The minimum Gasteiger partial charge on any atom is -0.507 e. The molecule has 7 nitrogen and oxygen atoms in total. The van der Waals surface area contributed by atoms with E-state index in [2.05, 4.69) is 0 Å². The molecule has 158 valence electrons. The SMILES string of the molecule is COc1ccc(C=C(C(=O)O)c2cccc(O)c2C(=O)O)cc1OCc1ccccc1. The van der Waals surface area contributed by atoms with E-state index in [9.17, 15) is 24.9 Å². The molecule has 0 saturated carbocycles. The molecular weight excluding hydrogens is 400 g/mol. The van der Waals surface area contributed by atoms with Gasteiger partial charge in [0.25, 0.3) is 0 Å². The van der Waals surface area contributed by atoms with Crippen LogP contribution in [0.15, 0.2) is 66.7 Å². The molecule has 7 heteroatoms. The monoisotopic (exact) mass is 420 g/mol. The Bertz CT molecular complexity index is 1130. The summed E-state index contributed by atoms with van der Waals surface area (Å²) in [5, 5.41) is 29.0. The zero-order valence-corrected chi connectivity index (χ0v) is 16.6. The first-order valence-electron chi connectivity index (χ1n) is 9.26. The fourth-order valence-electron chi connectivity index (χ4n) is 3.04. The molecule has 0 fully saturated rings. The van der Waals surface area contributed by atoms with Gasteiger partial charge in [0.05, 0.1) is 12.7 Å². The number of hydrogen-bond acceptors (Lipinski definition) is 5. The quantitative estimate of drug-likeness (QED) is 0.368. The van der Waals surface area contributed by atoms with Gasteiger partial charge in [-0.1, -0.05) is 48.5 Å². The van der Waals surface area contributed by atoms with Crippen LogP contribution in [-0.4, -0.2) is 34.4 Å². The Hall–Kier alpha value is -4.26. The summed E-state index contributed by atoms with van der Waals surface area (Å²) in [5.74, 6) is -2.41. The van der Waals surface area contributed by atoms with Gasteiger partial charge in [-0.15, -0.1) is 0 Å². The highest BCUT2D eigenvalue weighted by atomic mass is 16.5. The molecule has 31 heavy (non-hydrogen) atoms. The lowest BCUT2D eigenvalue weighted by Gasteiger charge is -2.13. The van der Waals surface area contributed by atoms with Crippen LogP contribution in [0.3, 0.4) is 0 Å². The van der Waals surface area contributed by atoms with E-state index in [1.54, 1.807) is 18.2 Å². The summed E-state index contributed by atoms with van der Waals surface area (Å²) in [5.41, 5.74) is 0.531. The number of rotatable bonds is 8. The van der Waals surface area contributed by atoms with Gasteiger partial charge in [-0.2, -0.15) is 0 Å². The molecule has 0 heterocycles. The van der Waals surface area contributed by atoms with E-state index in [1.165, 1.54) is 31.4 Å². The molecular formula is C24H20O7. The van der Waals surface area contributed by atoms with Crippen LogP contribution in [0, 0.1) is 0 Å². The van der Waals surface area contributed by atoms with Crippen LogP contribution in [0.4, 0.5) is 0 Å². The lowest BCUT2D eigenvalue weighted by molar-refractivity contribution is -0.130. The molecule has 0 atom stereocenters. The zero-order valence-electron chi connectivity index (χ0n) is 16.6. The molecule has 0 aromatic heterocycles. The third-order valence-electron chi connectivity index (χ3n) is 4.51. The van der Waals surface area contributed by atoms with E-state index >= 15 is 0 Å². The Kier molecular flexibility index (Phi) is 6.57. The zero-order chi connectivity index (χ0) is 22.4. The predicted octanol–water partition coefficient (Wildman–Crippen LogP) is 4.30. The van der Waals surface area contributed by atoms with Gasteiger partial charge in [0.1, 0.15) is 17.9 Å². The van der Waals surface area contributed by atoms with Gasteiger partial charge in [-0.05, 0) is 35.4 Å². The third kappa shape index (κ3) is 5.02. The molecule has 0 spiro atoms. The molecule has 0 aliphatic rings. The van der Waals surface area contributed by atoms with Crippen molar-refractivity contribution in [2.24, 2.45) is 0 Å². The number of aliphatic carboxylic acids is 1.